The lowest BCUT2D eigenvalue weighted by Crippen LogP contribution is -1.88. The second-order valence-electron chi connectivity index (χ2n) is 3.88. The van der Waals surface area contributed by atoms with Crippen LogP contribution in [0.5, 0.6) is 0 Å². The number of hydrogen-bond donors (Lipinski definition) is 0. The van der Waals surface area contributed by atoms with Gasteiger partial charge in [0.25, 0.3) is 5.89 Å². The van der Waals surface area contributed by atoms with Crippen molar-refractivity contribution in [2.45, 2.75) is 6.42 Å². The molecule has 0 aliphatic carbocycles. The summed E-state index contributed by atoms with van der Waals surface area (Å²) in [4.78, 5) is 14.7. The zero-order chi connectivity index (χ0) is 12.7. The summed E-state index contributed by atoms with van der Waals surface area (Å²) in [6.45, 7) is 0. The number of hydrogen-bond acceptors (Lipinski definition) is 7. The van der Waals surface area contributed by atoms with Crippen LogP contribution >= 0.6 is 22.7 Å². The summed E-state index contributed by atoms with van der Waals surface area (Å²) in [6.07, 6.45) is 6.02. The van der Waals surface area contributed by atoms with Crippen LogP contribution in [0.3, 0.4) is 0 Å². The first-order valence-electron chi connectivity index (χ1n) is 5.50. The van der Waals surface area contributed by atoms with Crippen molar-refractivity contribution in [3.63, 3.8) is 0 Å². The van der Waals surface area contributed by atoms with Crippen LogP contribution in [0.15, 0.2) is 34.1 Å². The van der Waals surface area contributed by atoms with Gasteiger partial charge >= 0.3 is 0 Å². The monoisotopic (exact) mass is 289 g/mol. The molecule has 0 bridgehead atoms. The molecule has 4 heterocycles. The average Bonchev–Trinajstić information content (AvgIpc) is 3.13. The summed E-state index contributed by atoms with van der Waals surface area (Å²) in [5, 5.41) is 5.99. The zero-order valence-electron chi connectivity index (χ0n) is 9.55. The summed E-state index contributed by atoms with van der Waals surface area (Å²) in [5.41, 5.74) is 2.67. The van der Waals surface area contributed by atoms with E-state index >= 15 is 0 Å². The first-order chi connectivity index (χ1) is 9.40. The molecule has 94 valence electrons. The van der Waals surface area contributed by atoms with Crippen molar-refractivity contribution in [1.29, 1.82) is 0 Å². The Bertz CT molecular complexity index is 813. The summed E-state index contributed by atoms with van der Waals surface area (Å²) >= 11 is 3.18. The minimum absolute atomic E-state index is 0.517. The molecule has 0 aliphatic heterocycles. The lowest BCUT2D eigenvalue weighted by molar-refractivity contribution is 0.422. The molecule has 0 radical (unpaired) electrons. The predicted molar refractivity (Wildman–Crippen MR) is 71.3 cm³/mol. The summed E-state index contributed by atoms with van der Waals surface area (Å²) in [5.74, 6) is 1.18. The lowest BCUT2D eigenvalue weighted by Gasteiger charge is -1.89. The lowest BCUT2D eigenvalue weighted by atomic mass is 10.3. The number of nitrogens with zero attached hydrogens (tertiary/aromatic N) is 5. The molecule has 0 aromatic carbocycles. The molecular weight excluding hydrogens is 282 g/mol. The minimum atomic E-state index is 0.517. The van der Waals surface area contributed by atoms with Gasteiger partial charge in [-0.05, 0) is 0 Å². The quantitative estimate of drug-likeness (QED) is 0.579. The molecule has 0 N–H and O–H groups in total. The van der Waals surface area contributed by atoms with Gasteiger partial charge in [-0.2, -0.15) is 4.98 Å². The Balaban J connectivity index is 1.69. The van der Waals surface area contributed by atoms with Crippen LogP contribution < -0.4 is 0 Å². The highest BCUT2D eigenvalue weighted by atomic mass is 32.1. The van der Waals surface area contributed by atoms with Crippen molar-refractivity contribution in [2.75, 3.05) is 0 Å². The van der Waals surface area contributed by atoms with Crippen LogP contribution in [0.25, 0.3) is 16.4 Å². The first kappa shape index (κ1) is 10.8. The minimum Gasteiger partial charge on any atom is -0.332 e. The molecule has 4 aromatic rings. The van der Waals surface area contributed by atoms with Gasteiger partial charge in [0, 0.05) is 22.9 Å². The molecule has 8 heteroatoms. The van der Waals surface area contributed by atoms with Crippen LogP contribution in [-0.4, -0.2) is 24.5 Å². The molecular formula is C11H7N5OS2. The fourth-order valence-electron chi connectivity index (χ4n) is 1.79. The molecule has 0 fully saturated rings. The Morgan fingerprint density at radius 1 is 1.21 bits per heavy atom. The van der Waals surface area contributed by atoms with Gasteiger partial charge in [0.2, 0.25) is 0 Å². The highest BCUT2D eigenvalue weighted by molar-refractivity contribution is 7.15. The van der Waals surface area contributed by atoms with E-state index < -0.39 is 0 Å². The van der Waals surface area contributed by atoms with E-state index in [2.05, 4.69) is 20.1 Å². The van der Waals surface area contributed by atoms with E-state index in [4.69, 9.17) is 4.52 Å². The molecule has 0 spiro atoms. The van der Waals surface area contributed by atoms with E-state index in [-0.39, 0.29) is 0 Å². The summed E-state index contributed by atoms with van der Waals surface area (Å²) < 4.78 is 7.26. The van der Waals surface area contributed by atoms with Crippen molar-refractivity contribution in [1.82, 2.24) is 24.5 Å². The third-order valence-corrected chi connectivity index (χ3v) is 4.32. The topological polar surface area (TPSA) is 69.1 Å². The standard InChI is InChI=1S/C11H7N5OS2/c1(7-2-13-6-19-7)9-14-11(17-15-9)8-4-18-10-3-12-5-16(8)10/h2-6H,1H2. The van der Waals surface area contributed by atoms with Crippen LogP contribution in [0, 0.1) is 0 Å². The van der Waals surface area contributed by atoms with Crippen molar-refractivity contribution >= 4 is 27.5 Å². The van der Waals surface area contributed by atoms with Gasteiger partial charge in [0.1, 0.15) is 16.9 Å². The summed E-state index contributed by atoms with van der Waals surface area (Å²) in [6, 6.07) is 0. The van der Waals surface area contributed by atoms with Gasteiger partial charge in [0.15, 0.2) is 5.82 Å². The molecule has 0 saturated heterocycles. The SMILES string of the molecule is c1ncc(Cc2noc(-c3csc4cncn34)n2)s1. The number of aromatic nitrogens is 5. The van der Waals surface area contributed by atoms with Gasteiger partial charge in [-0.1, -0.05) is 5.16 Å². The molecule has 0 aliphatic rings. The van der Waals surface area contributed by atoms with Crippen LogP contribution in [0.1, 0.15) is 10.7 Å². The fourth-order valence-corrected chi connectivity index (χ4v) is 3.21. The molecule has 4 rings (SSSR count). The van der Waals surface area contributed by atoms with Gasteiger partial charge in [0.05, 0.1) is 11.7 Å². The molecule has 4 aromatic heterocycles. The van der Waals surface area contributed by atoms with Crippen LogP contribution in [0.2, 0.25) is 0 Å². The number of fused-ring (bicyclic) bond motifs is 1. The van der Waals surface area contributed by atoms with Gasteiger partial charge < -0.3 is 4.52 Å². The molecule has 0 atom stereocenters. The van der Waals surface area contributed by atoms with Gasteiger partial charge in [-0.25, -0.2) is 4.98 Å². The van der Waals surface area contributed by atoms with Gasteiger partial charge in [-0.3, -0.25) is 9.38 Å². The smallest absolute Gasteiger partial charge is 0.275 e. The van der Waals surface area contributed by atoms with Crippen LogP contribution in [0.4, 0.5) is 0 Å². The van der Waals surface area contributed by atoms with E-state index in [0.717, 1.165) is 15.4 Å². The first-order valence-corrected chi connectivity index (χ1v) is 7.26. The second kappa shape index (κ2) is 4.25. The third kappa shape index (κ3) is 1.85. The third-order valence-electron chi connectivity index (χ3n) is 2.66. The zero-order valence-corrected chi connectivity index (χ0v) is 11.2. The highest BCUT2D eigenvalue weighted by Crippen LogP contribution is 2.25. The van der Waals surface area contributed by atoms with Crippen molar-refractivity contribution < 1.29 is 4.52 Å². The maximum Gasteiger partial charge on any atom is 0.275 e. The largest absolute Gasteiger partial charge is 0.332 e. The molecule has 0 unspecified atom stereocenters. The van der Waals surface area contributed by atoms with E-state index in [9.17, 15) is 0 Å². The van der Waals surface area contributed by atoms with E-state index in [1.54, 1.807) is 34.5 Å². The molecule has 19 heavy (non-hydrogen) atoms. The Kier molecular flexibility index (Phi) is 2.42. The fraction of sp³-hybridized carbons (Fsp3) is 0.0909. The van der Waals surface area contributed by atoms with Crippen LogP contribution in [-0.2, 0) is 6.42 Å². The van der Waals surface area contributed by atoms with E-state index in [0.29, 0.717) is 18.1 Å². The number of imidazole rings is 1. The maximum absolute atomic E-state index is 5.32. The van der Waals surface area contributed by atoms with E-state index in [1.807, 2.05) is 22.2 Å². The Labute approximate surface area is 115 Å². The highest BCUT2D eigenvalue weighted by Gasteiger charge is 2.14. The van der Waals surface area contributed by atoms with Crippen molar-refractivity contribution in [3.8, 4) is 11.6 Å². The average molecular weight is 289 g/mol. The second-order valence-corrected chi connectivity index (χ2v) is 5.74. The predicted octanol–water partition coefficient (Wildman–Crippen LogP) is 2.49. The molecule has 0 saturated carbocycles. The molecule has 6 nitrogen and oxygen atoms in total. The van der Waals surface area contributed by atoms with E-state index in [1.165, 1.54) is 0 Å². The normalized spacial score (nSPS) is 11.4. The van der Waals surface area contributed by atoms with Gasteiger partial charge in [-0.15, -0.1) is 22.7 Å². The van der Waals surface area contributed by atoms with Crippen molar-refractivity contribution in [3.05, 3.63) is 40.3 Å². The Hall–Kier alpha value is -2.06. The Morgan fingerprint density at radius 3 is 3.11 bits per heavy atom. The maximum atomic E-state index is 5.32. The molecule has 0 amide bonds. The summed E-state index contributed by atoms with van der Waals surface area (Å²) in [7, 11) is 0. The number of thiazole rings is 2. The Morgan fingerprint density at radius 2 is 2.21 bits per heavy atom. The van der Waals surface area contributed by atoms with Crippen molar-refractivity contribution in [2.24, 2.45) is 0 Å². The number of rotatable bonds is 3.